The number of rotatable bonds is 48. The highest BCUT2D eigenvalue weighted by Crippen LogP contribution is 2.43. The van der Waals surface area contributed by atoms with Crippen LogP contribution in [0.5, 0.6) is 0 Å². The molecular formula is C56H104N2O6P+. The third kappa shape index (κ3) is 49.7. The number of phosphoric acid groups is 1. The largest absolute Gasteiger partial charge is 0.472 e. The first-order valence-corrected chi connectivity index (χ1v) is 28.3. The van der Waals surface area contributed by atoms with E-state index in [1.54, 1.807) is 6.08 Å². The number of carbonyl (C=O) groups excluding carboxylic acids is 1. The topological polar surface area (TPSA) is 105 Å². The van der Waals surface area contributed by atoms with Gasteiger partial charge in [-0.25, -0.2) is 4.57 Å². The summed E-state index contributed by atoms with van der Waals surface area (Å²) < 4.78 is 23.7. The van der Waals surface area contributed by atoms with E-state index in [9.17, 15) is 19.4 Å². The smallest absolute Gasteiger partial charge is 0.387 e. The lowest BCUT2D eigenvalue weighted by Gasteiger charge is -2.25. The van der Waals surface area contributed by atoms with Crippen LogP contribution in [0.2, 0.25) is 0 Å². The molecule has 3 unspecified atom stereocenters. The summed E-state index contributed by atoms with van der Waals surface area (Å²) >= 11 is 0. The second kappa shape index (κ2) is 47.0. The van der Waals surface area contributed by atoms with Gasteiger partial charge in [0.25, 0.3) is 0 Å². The normalized spacial score (nSPS) is 14.6. The van der Waals surface area contributed by atoms with E-state index >= 15 is 0 Å². The van der Waals surface area contributed by atoms with Crippen molar-refractivity contribution < 1.29 is 32.9 Å². The van der Waals surface area contributed by atoms with Gasteiger partial charge < -0.3 is 19.8 Å². The van der Waals surface area contributed by atoms with Gasteiger partial charge in [-0.2, -0.15) is 0 Å². The summed E-state index contributed by atoms with van der Waals surface area (Å²) in [6.45, 7) is 4.69. The number of amides is 1. The van der Waals surface area contributed by atoms with E-state index in [4.69, 9.17) is 9.05 Å². The first-order chi connectivity index (χ1) is 31.5. The molecule has 0 aliphatic heterocycles. The molecule has 0 aromatic carbocycles. The monoisotopic (exact) mass is 932 g/mol. The van der Waals surface area contributed by atoms with Crippen LogP contribution in [0.3, 0.4) is 0 Å². The van der Waals surface area contributed by atoms with Crippen LogP contribution in [-0.2, 0) is 18.4 Å². The van der Waals surface area contributed by atoms with Crippen LogP contribution in [-0.4, -0.2) is 73.4 Å². The van der Waals surface area contributed by atoms with E-state index < -0.39 is 20.0 Å². The van der Waals surface area contributed by atoms with Gasteiger partial charge in [-0.05, 0) is 64.2 Å². The molecule has 0 spiro atoms. The van der Waals surface area contributed by atoms with Crippen molar-refractivity contribution in [2.75, 3.05) is 40.9 Å². The summed E-state index contributed by atoms with van der Waals surface area (Å²) in [7, 11) is 1.55. The van der Waals surface area contributed by atoms with Crippen molar-refractivity contribution in [2.45, 2.75) is 238 Å². The maximum atomic E-state index is 12.9. The average molecular weight is 932 g/mol. The van der Waals surface area contributed by atoms with E-state index in [1.165, 1.54) is 116 Å². The third-order valence-electron chi connectivity index (χ3n) is 11.7. The molecule has 0 saturated carbocycles. The van der Waals surface area contributed by atoms with Gasteiger partial charge >= 0.3 is 7.82 Å². The molecule has 0 aromatic heterocycles. The molecule has 9 heteroatoms. The van der Waals surface area contributed by atoms with Crippen molar-refractivity contribution in [1.29, 1.82) is 0 Å². The number of nitrogens with zero attached hydrogens (tertiary/aromatic N) is 1. The van der Waals surface area contributed by atoms with Gasteiger partial charge in [0.1, 0.15) is 13.2 Å². The molecule has 0 aliphatic rings. The van der Waals surface area contributed by atoms with Gasteiger partial charge in [0.2, 0.25) is 5.91 Å². The maximum absolute atomic E-state index is 12.9. The van der Waals surface area contributed by atoms with E-state index in [0.29, 0.717) is 17.4 Å². The number of hydrogen-bond donors (Lipinski definition) is 3. The van der Waals surface area contributed by atoms with Crippen LogP contribution in [0, 0.1) is 0 Å². The fourth-order valence-corrected chi connectivity index (χ4v) is 8.22. The van der Waals surface area contributed by atoms with E-state index in [2.05, 4.69) is 79.9 Å². The number of aliphatic hydroxyl groups excluding tert-OH is 1. The van der Waals surface area contributed by atoms with Gasteiger partial charge in [-0.1, -0.05) is 228 Å². The van der Waals surface area contributed by atoms with Crippen molar-refractivity contribution >= 4 is 13.7 Å². The summed E-state index contributed by atoms with van der Waals surface area (Å²) in [5, 5.41) is 13.9. The second-order valence-electron chi connectivity index (χ2n) is 19.2. The third-order valence-corrected chi connectivity index (χ3v) is 12.7. The number of likely N-dealkylation sites (N-methyl/N-ethyl adjacent to an activating group) is 1. The molecule has 65 heavy (non-hydrogen) atoms. The number of carbonyl (C=O) groups is 1. The minimum atomic E-state index is -4.35. The highest BCUT2D eigenvalue weighted by molar-refractivity contribution is 7.47. The Bertz CT molecular complexity index is 1290. The summed E-state index contributed by atoms with van der Waals surface area (Å²) in [6.07, 6.45) is 64.1. The number of unbranched alkanes of at least 4 members (excludes halogenated alkanes) is 25. The molecule has 0 rings (SSSR count). The van der Waals surface area contributed by atoms with Crippen LogP contribution in [0.4, 0.5) is 0 Å². The van der Waals surface area contributed by atoms with Crippen LogP contribution >= 0.6 is 7.82 Å². The van der Waals surface area contributed by atoms with Gasteiger partial charge in [0, 0.05) is 6.42 Å². The lowest BCUT2D eigenvalue weighted by Crippen LogP contribution is -2.45. The van der Waals surface area contributed by atoms with Crippen LogP contribution in [0.15, 0.2) is 72.9 Å². The first-order valence-electron chi connectivity index (χ1n) is 26.8. The number of phosphoric ester groups is 1. The van der Waals surface area contributed by atoms with Crippen molar-refractivity contribution in [3.05, 3.63) is 72.9 Å². The summed E-state index contributed by atoms with van der Waals surface area (Å²) in [6, 6.07) is -0.861. The van der Waals surface area contributed by atoms with Gasteiger partial charge in [0.15, 0.2) is 0 Å². The Morgan fingerprint density at radius 2 is 0.923 bits per heavy atom. The summed E-state index contributed by atoms with van der Waals surface area (Å²) in [5.74, 6) is -0.197. The van der Waals surface area contributed by atoms with E-state index in [-0.39, 0.29) is 19.1 Å². The quantitative estimate of drug-likeness (QED) is 0.0243. The zero-order valence-electron chi connectivity index (χ0n) is 43.0. The molecule has 0 bridgehead atoms. The highest BCUT2D eigenvalue weighted by Gasteiger charge is 2.27. The minimum Gasteiger partial charge on any atom is -0.387 e. The molecule has 0 radical (unpaired) electrons. The predicted octanol–water partition coefficient (Wildman–Crippen LogP) is 15.9. The Labute approximate surface area is 402 Å². The SMILES string of the molecule is CC/C=C\C/C=C\C/C=C\C/C=C\C/C=C\CCCCCCCC(=O)NC(COP(=O)(O)OCC[N+](C)(C)C)C(O)/C=C/CCCCCCCCCCCCCCCCCCCCCC. The Kier molecular flexibility index (Phi) is 45.5. The number of allylic oxidation sites excluding steroid dienone is 11. The molecule has 0 fully saturated rings. The Hall–Kier alpha value is -2.06. The van der Waals surface area contributed by atoms with Crippen molar-refractivity contribution in [2.24, 2.45) is 0 Å². The molecule has 0 saturated heterocycles. The average Bonchev–Trinajstić information content (AvgIpc) is 3.26. The molecule has 1 amide bonds. The van der Waals surface area contributed by atoms with Crippen molar-refractivity contribution in [3.8, 4) is 0 Å². The minimum absolute atomic E-state index is 0.0541. The zero-order valence-corrected chi connectivity index (χ0v) is 43.9. The Morgan fingerprint density at radius 3 is 1.35 bits per heavy atom. The molecule has 378 valence electrons. The van der Waals surface area contributed by atoms with E-state index in [1.807, 2.05) is 27.2 Å². The molecule has 0 heterocycles. The lowest BCUT2D eigenvalue weighted by molar-refractivity contribution is -0.870. The van der Waals surface area contributed by atoms with Crippen LogP contribution in [0.1, 0.15) is 226 Å². The molecule has 3 N–H and O–H groups in total. The van der Waals surface area contributed by atoms with Gasteiger partial charge in [-0.3, -0.25) is 13.8 Å². The number of quaternary nitrogens is 1. The molecular weight excluding hydrogens is 828 g/mol. The van der Waals surface area contributed by atoms with Gasteiger partial charge in [0.05, 0.1) is 39.9 Å². The zero-order chi connectivity index (χ0) is 47.8. The number of nitrogens with one attached hydrogen (secondary N) is 1. The molecule has 0 aliphatic carbocycles. The number of hydrogen-bond acceptors (Lipinski definition) is 5. The standard InChI is InChI=1S/C56H103N2O6P/c1-6-8-10-12-14-16-18-20-22-24-26-28-30-31-33-35-37-39-41-43-45-47-49-55(59)54(53-64-65(61,62)63-52-51-58(3,4)5)57-56(60)50-48-46-44-42-40-38-36-34-32-29-27-25-23-21-19-17-15-13-11-9-7-2/h9,11,15,17,21,23,27,29,34,36,47,49,54-55,59H,6-8,10,12-14,16,18-20,22,24-26,28,30-33,35,37-46,48,50-53H2,1-5H3,(H-,57,60,61,62)/p+1/b11-9-,17-15-,23-21-,29-27-,36-34-,49-47+. The van der Waals surface area contributed by atoms with E-state index in [0.717, 1.165) is 89.9 Å². The maximum Gasteiger partial charge on any atom is 0.472 e. The fourth-order valence-electron chi connectivity index (χ4n) is 7.48. The highest BCUT2D eigenvalue weighted by atomic mass is 31.2. The Balaban J connectivity index is 4.34. The van der Waals surface area contributed by atoms with Crippen molar-refractivity contribution in [1.82, 2.24) is 5.32 Å². The Morgan fingerprint density at radius 1 is 0.538 bits per heavy atom. The first kappa shape index (κ1) is 62.9. The lowest BCUT2D eigenvalue weighted by atomic mass is 10.0. The second-order valence-corrected chi connectivity index (χ2v) is 20.7. The number of aliphatic hydroxyl groups is 1. The molecule has 8 nitrogen and oxygen atoms in total. The molecule has 0 aromatic rings. The summed E-state index contributed by atoms with van der Waals surface area (Å²) in [5.41, 5.74) is 0. The van der Waals surface area contributed by atoms with Crippen LogP contribution in [0.25, 0.3) is 0 Å². The van der Waals surface area contributed by atoms with Crippen molar-refractivity contribution in [3.63, 3.8) is 0 Å². The fraction of sp³-hybridized carbons (Fsp3) is 0.768. The van der Waals surface area contributed by atoms with Crippen LogP contribution < -0.4 is 5.32 Å². The van der Waals surface area contributed by atoms with Gasteiger partial charge in [-0.15, -0.1) is 0 Å². The summed E-state index contributed by atoms with van der Waals surface area (Å²) in [4.78, 5) is 23.3. The molecule has 3 atom stereocenters. The predicted molar refractivity (Wildman–Crippen MR) is 281 cm³/mol.